The second kappa shape index (κ2) is 4.66. The fourth-order valence-corrected chi connectivity index (χ4v) is 1.55. The summed E-state index contributed by atoms with van der Waals surface area (Å²) >= 11 is 5.93. The monoisotopic (exact) mass is 196 g/mol. The zero-order chi connectivity index (χ0) is 9.84. The molecule has 0 atom stereocenters. The maximum Gasteiger partial charge on any atom is 0.0408 e. The molecule has 0 spiro atoms. The summed E-state index contributed by atoms with van der Waals surface area (Å²) in [6, 6.07) is 6.13. The first-order valence-corrected chi connectivity index (χ1v) is 5.22. The molecule has 0 aliphatic rings. The molecule has 0 nitrogen and oxygen atoms in total. The van der Waals surface area contributed by atoms with Crippen molar-refractivity contribution in [3.63, 3.8) is 0 Å². The van der Waals surface area contributed by atoms with E-state index in [0.717, 1.165) is 17.4 Å². The molecule has 0 radical (unpaired) electrons. The van der Waals surface area contributed by atoms with Crippen LogP contribution < -0.4 is 0 Å². The van der Waals surface area contributed by atoms with Gasteiger partial charge in [0.05, 0.1) is 0 Å². The Hall–Kier alpha value is -0.490. The molecule has 1 aromatic carbocycles. The second-order valence-electron chi connectivity index (χ2n) is 4.00. The first kappa shape index (κ1) is 10.6. The minimum atomic E-state index is 0.762. The van der Waals surface area contributed by atoms with Crippen molar-refractivity contribution < 1.29 is 0 Å². The van der Waals surface area contributed by atoms with E-state index in [2.05, 4.69) is 32.9 Å². The highest BCUT2D eigenvalue weighted by atomic mass is 35.5. The minimum Gasteiger partial charge on any atom is -0.0843 e. The zero-order valence-electron chi connectivity index (χ0n) is 8.60. The molecule has 0 heterocycles. The summed E-state index contributed by atoms with van der Waals surface area (Å²) in [6.45, 7) is 6.64. The van der Waals surface area contributed by atoms with Gasteiger partial charge in [-0.2, -0.15) is 0 Å². The van der Waals surface area contributed by atoms with E-state index in [9.17, 15) is 0 Å². The SMILES string of the molecule is Cc1ccc(Cl)cc1CCC(C)C. The Kier molecular flexibility index (Phi) is 3.80. The van der Waals surface area contributed by atoms with Gasteiger partial charge >= 0.3 is 0 Å². The van der Waals surface area contributed by atoms with Crippen LogP contribution in [0.2, 0.25) is 5.02 Å². The van der Waals surface area contributed by atoms with Crippen LogP contribution in [0.1, 0.15) is 31.4 Å². The smallest absolute Gasteiger partial charge is 0.0408 e. The van der Waals surface area contributed by atoms with E-state index in [1.54, 1.807) is 0 Å². The van der Waals surface area contributed by atoms with Crippen molar-refractivity contribution in [2.75, 3.05) is 0 Å². The number of aryl methyl sites for hydroxylation is 2. The Balaban J connectivity index is 2.70. The third-order valence-corrected chi connectivity index (χ3v) is 2.54. The maximum absolute atomic E-state index is 5.93. The van der Waals surface area contributed by atoms with Crippen molar-refractivity contribution in [2.45, 2.75) is 33.6 Å². The highest BCUT2D eigenvalue weighted by molar-refractivity contribution is 6.30. The van der Waals surface area contributed by atoms with Gasteiger partial charge in [0.15, 0.2) is 0 Å². The van der Waals surface area contributed by atoms with Gasteiger partial charge in [-0.25, -0.2) is 0 Å². The van der Waals surface area contributed by atoms with Crippen molar-refractivity contribution in [3.8, 4) is 0 Å². The molecule has 0 saturated carbocycles. The summed E-state index contributed by atoms with van der Waals surface area (Å²) < 4.78 is 0. The quantitative estimate of drug-likeness (QED) is 0.679. The van der Waals surface area contributed by atoms with E-state index in [0.29, 0.717) is 0 Å². The highest BCUT2D eigenvalue weighted by Gasteiger charge is 2.01. The lowest BCUT2D eigenvalue weighted by Crippen LogP contribution is -1.94. The van der Waals surface area contributed by atoms with Crippen molar-refractivity contribution in [2.24, 2.45) is 5.92 Å². The van der Waals surface area contributed by atoms with Gasteiger partial charge in [0.2, 0.25) is 0 Å². The van der Waals surface area contributed by atoms with Crippen LogP contribution in [0.3, 0.4) is 0 Å². The van der Waals surface area contributed by atoms with Crippen molar-refractivity contribution >= 4 is 11.6 Å². The van der Waals surface area contributed by atoms with Crippen molar-refractivity contribution in [1.29, 1.82) is 0 Å². The second-order valence-corrected chi connectivity index (χ2v) is 4.44. The van der Waals surface area contributed by atoms with Gasteiger partial charge in [-0.05, 0) is 48.9 Å². The van der Waals surface area contributed by atoms with E-state index in [-0.39, 0.29) is 0 Å². The molecule has 1 rings (SSSR count). The molecular formula is C12H17Cl. The predicted molar refractivity (Wildman–Crippen MR) is 59.3 cm³/mol. The Morgan fingerprint density at radius 3 is 2.62 bits per heavy atom. The standard InChI is InChI=1S/C12H17Cl/c1-9(2)4-6-11-8-12(13)7-5-10(11)3/h5,7-9H,4,6H2,1-3H3. The third kappa shape index (κ3) is 3.40. The molecule has 1 heteroatoms. The number of benzene rings is 1. The van der Waals surface area contributed by atoms with Gasteiger partial charge in [0.25, 0.3) is 0 Å². The lowest BCUT2D eigenvalue weighted by Gasteiger charge is -2.08. The minimum absolute atomic E-state index is 0.762. The van der Waals surface area contributed by atoms with Gasteiger partial charge in [-0.1, -0.05) is 31.5 Å². The maximum atomic E-state index is 5.93. The van der Waals surface area contributed by atoms with Crippen molar-refractivity contribution in [1.82, 2.24) is 0 Å². The van der Waals surface area contributed by atoms with Crippen LogP contribution in [-0.4, -0.2) is 0 Å². The molecule has 0 aromatic heterocycles. The normalized spacial score (nSPS) is 10.8. The van der Waals surface area contributed by atoms with Gasteiger partial charge < -0.3 is 0 Å². The van der Waals surface area contributed by atoms with Gasteiger partial charge in [0.1, 0.15) is 0 Å². The Morgan fingerprint density at radius 1 is 1.31 bits per heavy atom. The molecule has 0 unspecified atom stereocenters. The Bertz CT molecular complexity index is 276. The number of hydrogen-bond acceptors (Lipinski definition) is 0. The summed E-state index contributed by atoms with van der Waals surface area (Å²) in [5.74, 6) is 0.762. The van der Waals surface area contributed by atoms with Crippen LogP contribution >= 0.6 is 11.6 Å². The molecule has 0 amide bonds. The molecule has 0 aliphatic heterocycles. The zero-order valence-corrected chi connectivity index (χ0v) is 9.36. The van der Waals surface area contributed by atoms with E-state index in [4.69, 9.17) is 11.6 Å². The van der Waals surface area contributed by atoms with Crippen molar-refractivity contribution in [3.05, 3.63) is 34.3 Å². The van der Waals surface area contributed by atoms with E-state index < -0.39 is 0 Å². The predicted octanol–water partition coefficient (Wildman–Crippen LogP) is 4.24. The molecular weight excluding hydrogens is 180 g/mol. The van der Waals surface area contributed by atoms with Gasteiger partial charge in [0, 0.05) is 5.02 Å². The number of halogens is 1. The summed E-state index contributed by atoms with van der Waals surface area (Å²) in [6.07, 6.45) is 2.38. The molecule has 0 saturated heterocycles. The summed E-state index contributed by atoms with van der Waals surface area (Å²) in [7, 11) is 0. The molecule has 0 fully saturated rings. The molecule has 0 bridgehead atoms. The average Bonchev–Trinajstić information content (AvgIpc) is 2.06. The third-order valence-electron chi connectivity index (χ3n) is 2.30. The molecule has 13 heavy (non-hydrogen) atoms. The summed E-state index contributed by atoms with van der Waals surface area (Å²) in [4.78, 5) is 0. The average molecular weight is 197 g/mol. The van der Waals surface area contributed by atoms with Crippen LogP contribution in [0.25, 0.3) is 0 Å². The van der Waals surface area contributed by atoms with Crippen LogP contribution in [-0.2, 0) is 6.42 Å². The largest absolute Gasteiger partial charge is 0.0843 e. The lowest BCUT2D eigenvalue weighted by molar-refractivity contribution is 0.586. The van der Waals surface area contributed by atoms with Crippen LogP contribution in [0.5, 0.6) is 0 Å². The lowest BCUT2D eigenvalue weighted by atomic mass is 9.99. The van der Waals surface area contributed by atoms with Crippen LogP contribution in [0, 0.1) is 12.8 Å². The van der Waals surface area contributed by atoms with Gasteiger partial charge in [-0.3, -0.25) is 0 Å². The van der Waals surface area contributed by atoms with Gasteiger partial charge in [-0.15, -0.1) is 0 Å². The Labute approximate surface area is 85.9 Å². The summed E-state index contributed by atoms with van der Waals surface area (Å²) in [5.41, 5.74) is 2.74. The highest BCUT2D eigenvalue weighted by Crippen LogP contribution is 2.18. The summed E-state index contributed by atoms with van der Waals surface area (Å²) in [5, 5.41) is 0.851. The van der Waals surface area contributed by atoms with E-state index in [1.165, 1.54) is 17.5 Å². The number of hydrogen-bond donors (Lipinski definition) is 0. The molecule has 0 aliphatic carbocycles. The Morgan fingerprint density at radius 2 is 2.00 bits per heavy atom. The van der Waals surface area contributed by atoms with Crippen LogP contribution in [0.4, 0.5) is 0 Å². The topological polar surface area (TPSA) is 0 Å². The first-order valence-electron chi connectivity index (χ1n) is 4.84. The van der Waals surface area contributed by atoms with Crippen LogP contribution in [0.15, 0.2) is 18.2 Å². The first-order chi connectivity index (χ1) is 6.09. The van der Waals surface area contributed by atoms with E-state index in [1.807, 2.05) is 6.07 Å². The molecule has 0 N–H and O–H groups in total. The fourth-order valence-electron chi connectivity index (χ4n) is 1.35. The fraction of sp³-hybridized carbons (Fsp3) is 0.500. The molecule has 72 valence electrons. The molecule has 1 aromatic rings. The van der Waals surface area contributed by atoms with E-state index >= 15 is 0 Å². The number of rotatable bonds is 3.